The van der Waals surface area contributed by atoms with Gasteiger partial charge in [-0.2, -0.15) is 5.26 Å². The van der Waals surface area contributed by atoms with Crippen molar-refractivity contribution in [3.63, 3.8) is 0 Å². The molecule has 0 saturated carbocycles. The molecule has 8 heteroatoms. The van der Waals surface area contributed by atoms with Crippen LogP contribution in [0.4, 0.5) is 13.2 Å². The van der Waals surface area contributed by atoms with E-state index in [1.807, 2.05) is 0 Å². The summed E-state index contributed by atoms with van der Waals surface area (Å²) in [6, 6.07) is 2.27. The molecule has 1 aromatic heterocycles. The second-order valence-corrected chi connectivity index (χ2v) is 2.89. The van der Waals surface area contributed by atoms with Crippen LogP contribution >= 0.6 is 0 Å². The second kappa shape index (κ2) is 4.78. The van der Waals surface area contributed by atoms with Gasteiger partial charge in [0.2, 0.25) is 5.88 Å². The van der Waals surface area contributed by atoms with Gasteiger partial charge >= 0.3 is 6.36 Å². The molecular formula is C9H7F3N2O3. The number of alkyl halides is 3. The number of halogens is 3. The maximum atomic E-state index is 12.1. The van der Waals surface area contributed by atoms with Gasteiger partial charge in [-0.3, -0.25) is 9.78 Å². The standard InChI is InChI=1S/C9H7F3N2O3/c1-16-8-5(2-3-13)6(4-7(15)14-8)17-9(10,11)12/h4H,2H2,1H3,(H,14,15). The van der Waals surface area contributed by atoms with Crippen molar-refractivity contribution in [2.24, 2.45) is 0 Å². The molecule has 1 heterocycles. The number of methoxy groups -OCH3 is 1. The Morgan fingerprint density at radius 2 is 2.18 bits per heavy atom. The molecule has 0 fully saturated rings. The van der Waals surface area contributed by atoms with Gasteiger partial charge in [0.15, 0.2) is 0 Å². The van der Waals surface area contributed by atoms with Crippen molar-refractivity contribution in [1.82, 2.24) is 4.98 Å². The molecule has 0 spiro atoms. The largest absolute Gasteiger partial charge is 0.573 e. The maximum Gasteiger partial charge on any atom is 0.573 e. The van der Waals surface area contributed by atoms with Crippen molar-refractivity contribution in [2.75, 3.05) is 7.11 Å². The second-order valence-electron chi connectivity index (χ2n) is 2.89. The lowest BCUT2D eigenvalue weighted by Gasteiger charge is -2.13. The van der Waals surface area contributed by atoms with E-state index in [2.05, 4.69) is 14.5 Å². The van der Waals surface area contributed by atoms with Gasteiger partial charge in [-0.15, -0.1) is 13.2 Å². The topological polar surface area (TPSA) is 75.1 Å². The molecule has 17 heavy (non-hydrogen) atoms. The lowest BCUT2D eigenvalue weighted by atomic mass is 10.2. The smallest absolute Gasteiger partial charge is 0.482 e. The fourth-order valence-electron chi connectivity index (χ4n) is 1.18. The zero-order valence-electron chi connectivity index (χ0n) is 8.59. The number of nitrogens with one attached hydrogen (secondary N) is 1. The molecule has 1 N–H and O–H groups in total. The molecule has 0 amide bonds. The minimum atomic E-state index is -4.94. The quantitative estimate of drug-likeness (QED) is 0.875. The van der Waals surface area contributed by atoms with Crippen molar-refractivity contribution in [2.45, 2.75) is 12.8 Å². The molecule has 0 aliphatic carbocycles. The first-order chi connectivity index (χ1) is 7.87. The summed E-state index contributed by atoms with van der Waals surface area (Å²) in [6.07, 6.45) is -5.33. The molecule has 5 nitrogen and oxygen atoms in total. The number of nitriles is 1. The maximum absolute atomic E-state index is 12.1. The first kappa shape index (κ1) is 12.9. The third kappa shape index (κ3) is 3.41. The summed E-state index contributed by atoms with van der Waals surface area (Å²) in [5.41, 5.74) is -0.977. The molecule has 0 aliphatic heterocycles. The number of rotatable bonds is 3. The van der Waals surface area contributed by atoms with Crippen LogP contribution in [0.25, 0.3) is 0 Å². The van der Waals surface area contributed by atoms with Crippen molar-refractivity contribution < 1.29 is 22.6 Å². The highest BCUT2D eigenvalue weighted by atomic mass is 19.4. The number of hydrogen-bond donors (Lipinski definition) is 1. The number of pyridine rings is 1. The van der Waals surface area contributed by atoms with Crippen molar-refractivity contribution in [3.05, 3.63) is 22.0 Å². The highest BCUT2D eigenvalue weighted by Gasteiger charge is 2.33. The third-order valence-electron chi connectivity index (χ3n) is 1.76. The Kier molecular flexibility index (Phi) is 3.62. The fourth-order valence-corrected chi connectivity index (χ4v) is 1.18. The zero-order valence-corrected chi connectivity index (χ0v) is 8.59. The summed E-state index contributed by atoms with van der Waals surface area (Å²) in [5.74, 6) is -0.960. The summed E-state index contributed by atoms with van der Waals surface area (Å²) < 4.78 is 44.5. The summed E-state index contributed by atoms with van der Waals surface area (Å²) in [6.45, 7) is 0. The lowest BCUT2D eigenvalue weighted by molar-refractivity contribution is -0.274. The van der Waals surface area contributed by atoms with Crippen LogP contribution in [0.3, 0.4) is 0 Å². The number of nitrogens with zero attached hydrogens (tertiary/aromatic N) is 1. The van der Waals surface area contributed by atoms with Crippen LogP contribution in [-0.2, 0) is 6.42 Å². The van der Waals surface area contributed by atoms with Gasteiger partial charge in [-0.25, -0.2) is 0 Å². The van der Waals surface area contributed by atoms with Gasteiger partial charge in [0.1, 0.15) is 5.75 Å². The summed E-state index contributed by atoms with van der Waals surface area (Å²) in [7, 11) is 1.16. The molecule has 0 radical (unpaired) electrons. The Bertz CT molecular complexity index is 502. The summed E-state index contributed by atoms with van der Waals surface area (Å²) in [4.78, 5) is 13.2. The minimum Gasteiger partial charge on any atom is -0.482 e. The molecule has 1 aromatic rings. The van der Waals surface area contributed by atoms with E-state index in [9.17, 15) is 18.0 Å². The summed E-state index contributed by atoms with van der Waals surface area (Å²) in [5, 5.41) is 8.50. The van der Waals surface area contributed by atoms with Crippen LogP contribution in [-0.4, -0.2) is 18.5 Å². The van der Waals surface area contributed by atoms with E-state index in [0.717, 1.165) is 7.11 Å². The van der Waals surface area contributed by atoms with Crippen LogP contribution in [0.5, 0.6) is 11.6 Å². The van der Waals surface area contributed by atoms with E-state index < -0.39 is 17.7 Å². The monoisotopic (exact) mass is 248 g/mol. The van der Waals surface area contributed by atoms with Crippen LogP contribution < -0.4 is 15.0 Å². The highest BCUT2D eigenvalue weighted by molar-refractivity contribution is 5.41. The number of H-pyrrole nitrogens is 1. The van der Waals surface area contributed by atoms with E-state index in [4.69, 9.17) is 5.26 Å². The number of aromatic nitrogens is 1. The van der Waals surface area contributed by atoms with E-state index in [0.29, 0.717) is 6.07 Å². The molecule has 1 rings (SSSR count). The lowest BCUT2D eigenvalue weighted by Crippen LogP contribution is -2.20. The predicted octanol–water partition coefficient (Wildman–Crippen LogP) is 1.35. The van der Waals surface area contributed by atoms with E-state index in [1.54, 1.807) is 6.07 Å². The average Bonchev–Trinajstić information content (AvgIpc) is 2.19. The van der Waals surface area contributed by atoms with Gasteiger partial charge in [0.05, 0.1) is 25.2 Å². The van der Waals surface area contributed by atoms with E-state index in [1.165, 1.54) is 0 Å². The van der Waals surface area contributed by atoms with Gasteiger partial charge in [-0.1, -0.05) is 0 Å². The number of hydrogen-bond acceptors (Lipinski definition) is 4. The highest BCUT2D eigenvalue weighted by Crippen LogP contribution is 2.29. The predicted molar refractivity (Wildman–Crippen MR) is 49.6 cm³/mol. The average molecular weight is 248 g/mol. The first-order valence-corrected chi connectivity index (χ1v) is 4.30. The van der Waals surface area contributed by atoms with Crippen molar-refractivity contribution >= 4 is 0 Å². The Morgan fingerprint density at radius 3 is 2.65 bits per heavy atom. The van der Waals surface area contributed by atoms with E-state index in [-0.39, 0.29) is 17.9 Å². The zero-order chi connectivity index (χ0) is 13.1. The van der Waals surface area contributed by atoms with Crippen LogP contribution in [0.15, 0.2) is 10.9 Å². The molecule has 0 aromatic carbocycles. The summed E-state index contributed by atoms with van der Waals surface area (Å²) >= 11 is 0. The van der Waals surface area contributed by atoms with Crippen LogP contribution in [0.2, 0.25) is 0 Å². The van der Waals surface area contributed by atoms with E-state index >= 15 is 0 Å². The normalized spacial score (nSPS) is 10.8. The van der Waals surface area contributed by atoms with Crippen molar-refractivity contribution in [3.8, 4) is 17.7 Å². The number of aromatic amines is 1. The van der Waals surface area contributed by atoms with Gasteiger partial charge in [0, 0.05) is 6.07 Å². The van der Waals surface area contributed by atoms with Gasteiger partial charge < -0.3 is 9.47 Å². The Hall–Kier alpha value is -2.17. The third-order valence-corrected chi connectivity index (χ3v) is 1.76. The molecule has 0 saturated heterocycles. The fraction of sp³-hybridized carbons (Fsp3) is 0.333. The van der Waals surface area contributed by atoms with Crippen LogP contribution in [0, 0.1) is 11.3 Å². The molecular weight excluding hydrogens is 241 g/mol. The molecule has 0 bridgehead atoms. The van der Waals surface area contributed by atoms with Gasteiger partial charge in [-0.05, 0) is 0 Å². The van der Waals surface area contributed by atoms with Gasteiger partial charge in [0.25, 0.3) is 5.56 Å². The molecule has 0 aliphatic rings. The first-order valence-electron chi connectivity index (χ1n) is 4.30. The Morgan fingerprint density at radius 1 is 1.53 bits per heavy atom. The molecule has 0 unspecified atom stereocenters. The van der Waals surface area contributed by atoms with Crippen molar-refractivity contribution in [1.29, 1.82) is 5.26 Å². The Balaban J connectivity index is 3.31. The minimum absolute atomic E-state index is 0.160. The Labute approximate surface area is 93.4 Å². The SMILES string of the molecule is COc1[nH]c(=O)cc(OC(F)(F)F)c1CC#N. The molecule has 0 atom stereocenters. The van der Waals surface area contributed by atoms with Crippen LogP contribution in [0.1, 0.15) is 5.56 Å². The number of ether oxygens (including phenoxy) is 2. The molecule has 92 valence electrons.